The van der Waals surface area contributed by atoms with E-state index in [1.165, 1.54) is 20.9 Å². The fourth-order valence-corrected chi connectivity index (χ4v) is 7.84. The molecule has 9 rings (SSSR count). The van der Waals surface area contributed by atoms with Crippen molar-refractivity contribution in [3.05, 3.63) is 187 Å². The Morgan fingerprint density at radius 1 is 0.442 bits per heavy atom. The van der Waals surface area contributed by atoms with Gasteiger partial charge in [-0.1, -0.05) is 151 Å². The summed E-state index contributed by atoms with van der Waals surface area (Å²) in [6.07, 6.45) is 3.30. The number of hydrogen-bond acceptors (Lipinski definition) is 6. The Bertz CT molecular complexity index is 2400. The lowest BCUT2D eigenvalue weighted by Gasteiger charge is -2.33. The van der Waals surface area contributed by atoms with Gasteiger partial charge in [-0.15, -0.1) is 0 Å². The fraction of sp³-hybridized carbons (Fsp3) is 0.0435. The highest BCUT2D eigenvalue weighted by atomic mass is 32.2. The summed E-state index contributed by atoms with van der Waals surface area (Å²) in [5, 5.41) is 0. The first-order valence-electron chi connectivity index (χ1n) is 17.4. The predicted molar refractivity (Wildman–Crippen MR) is 212 cm³/mol. The summed E-state index contributed by atoms with van der Waals surface area (Å²) in [7, 11) is 0. The maximum absolute atomic E-state index is 5.32. The van der Waals surface area contributed by atoms with Crippen LogP contribution in [0.4, 0.5) is 17.2 Å². The highest BCUT2D eigenvalue weighted by molar-refractivity contribution is 7.99. The SMILES string of the molecule is c1ccc(-c2nc(CCc3cc(-c4ccccc4-c4ccccc4)cnc3N3c4ccccc4Sc4ccccc43)nc(-c3ccccc3)n2)cc1. The van der Waals surface area contributed by atoms with Crippen LogP contribution in [0.25, 0.3) is 45.0 Å². The Morgan fingerprint density at radius 2 is 0.923 bits per heavy atom. The van der Waals surface area contributed by atoms with E-state index in [9.17, 15) is 0 Å². The molecule has 0 saturated carbocycles. The van der Waals surface area contributed by atoms with Gasteiger partial charge >= 0.3 is 0 Å². The second kappa shape index (κ2) is 14.1. The molecule has 0 spiro atoms. The van der Waals surface area contributed by atoms with Gasteiger partial charge in [-0.25, -0.2) is 19.9 Å². The van der Waals surface area contributed by atoms with Crippen molar-refractivity contribution in [1.29, 1.82) is 0 Å². The molecule has 0 atom stereocenters. The van der Waals surface area contributed by atoms with E-state index in [2.05, 4.69) is 114 Å². The van der Waals surface area contributed by atoms with Crippen molar-refractivity contribution >= 4 is 29.0 Å². The predicted octanol–water partition coefficient (Wildman–Crippen LogP) is 11.7. The zero-order valence-corrected chi connectivity index (χ0v) is 29.1. The number of hydrogen-bond donors (Lipinski definition) is 0. The third kappa shape index (κ3) is 6.25. The Morgan fingerprint density at radius 3 is 1.50 bits per heavy atom. The van der Waals surface area contributed by atoms with Gasteiger partial charge in [0.15, 0.2) is 11.6 Å². The zero-order valence-electron chi connectivity index (χ0n) is 28.3. The molecule has 52 heavy (non-hydrogen) atoms. The Hall–Kier alpha value is -6.37. The minimum atomic E-state index is 0.604. The van der Waals surface area contributed by atoms with E-state index < -0.39 is 0 Å². The monoisotopic (exact) mass is 687 g/mol. The quantitative estimate of drug-likeness (QED) is 0.158. The van der Waals surface area contributed by atoms with Gasteiger partial charge in [0.25, 0.3) is 0 Å². The molecule has 5 nitrogen and oxygen atoms in total. The molecule has 0 fully saturated rings. The maximum atomic E-state index is 5.32. The first-order valence-corrected chi connectivity index (χ1v) is 18.3. The van der Waals surface area contributed by atoms with Gasteiger partial charge < -0.3 is 0 Å². The zero-order chi connectivity index (χ0) is 34.7. The molecular formula is C46H33N5S. The minimum absolute atomic E-state index is 0.604. The molecule has 0 aliphatic carbocycles. The molecule has 1 aliphatic heterocycles. The normalized spacial score (nSPS) is 11.9. The van der Waals surface area contributed by atoms with Crippen LogP contribution in [-0.2, 0) is 12.8 Å². The van der Waals surface area contributed by atoms with Crippen LogP contribution in [0, 0.1) is 0 Å². The van der Waals surface area contributed by atoms with Crippen molar-refractivity contribution in [3.63, 3.8) is 0 Å². The lowest BCUT2D eigenvalue weighted by atomic mass is 9.94. The molecule has 6 heteroatoms. The van der Waals surface area contributed by atoms with Crippen molar-refractivity contribution in [3.8, 4) is 45.0 Å². The number of nitrogens with zero attached hydrogens (tertiary/aromatic N) is 5. The third-order valence-corrected chi connectivity index (χ3v) is 10.4. The molecule has 1 aliphatic rings. The van der Waals surface area contributed by atoms with E-state index in [1.54, 1.807) is 11.8 Å². The van der Waals surface area contributed by atoms with Gasteiger partial charge in [-0.2, -0.15) is 0 Å². The van der Waals surface area contributed by atoms with Crippen molar-refractivity contribution < 1.29 is 0 Å². The van der Waals surface area contributed by atoms with Crippen LogP contribution in [0.5, 0.6) is 0 Å². The van der Waals surface area contributed by atoms with E-state index in [4.69, 9.17) is 19.9 Å². The maximum Gasteiger partial charge on any atom is 0.163 e. The van der Waals surface area contributed by atoms with Gasteiger partial charge in [0.05, 0.1) is 11.4 Å². The molecule has 248 valence electrons. The number of pyridine rings is 1. The largest absolute Gasteiger partial charge is 0.293 e. The van der Waals surface area contributed by atoms with Crippen molar-refractivity contribution in [2.24, 2.45) is 0 Å². The van der Waals surface area contributed by atoms with Gasteiger partial charge in [-0.05, 0) is 59.0 Å². The Balaban J connectivity index is 1.18. The van der Waals surface area contributed by atoms with Gasteiger partial charge in [0.2, 0.25) is 0 Å². The molecule has 0 N–H and O–H groups in total. The molecule has 0 bridgehead atoms. The number of fused-ring (bicyclic) bond motifs is 2. The highest BCUT2D eigenvalue weighted by Gasteiger charge is 2.27. The second-order valence-electron chi connectivity index (χ2n) is 12.6. The number of rotatable bonds is 8. The summed E-state index contributed by atoms with van der Waals surface area (Å²) < 4.78 is 0. The van der Waals surface area contributed by atoms with Crippen LogP contribution in [0.1, 0.15) is 11.4 Å². The molecule has 0 radical (unpaired) electrons. The summed E-state index contributed by atoms with van der Waals surface area (Å²) in [5.41, 5.74) is 9.83. The molecule has 0 amide bonds. The van der Waals surface area contributed by atoms with E-state index >= 15 is 0 Å². The molecule has 2 aromatic heterocycles. The molecule has 0 unspecified atom stereocenters. The van der Waals surface area contributed by atoms with Crippen LogP contribution in [0.2, 0.25) is 0 Å². The number of aromatic nitrogens is 4. The van der Waals surface area contributed by atoms with E-state index in [0.717, 1.165) is 50.8 Å². The minimum Gasteiger partial charge on any atom is -0.293 e. The smallest absolute Gasteiger partial charge is 0.163 e. The summed E-state index contributed by atoms with van der Waals surface area (Å²) in [4.78, 5) is 25.0. The summed E-state index contributed by atoms with van der Waals surface area (Å²) in [6.45, 7) is 0. The number of anilines is 3. The fourth-order valence-electron chi connectivity index (χ4n) is 6.78. The summed E-state index contributed by atoms with van der Waals surface area (Å²) >= 11 is 1.80. The van der Waals surface area contributed by atoms with Crippen molar-refractivity contribution in [2.75, 3.05) is 4.90 Å². The second-order valence-corrected chi connectivity index (χ2v) is 13.7. The van der Waals surface area contributed by atoms with Crippen LogP contribution >= 0.6 is 11.8 Å². The van der Waals surface area contributed by atoms with E-state index in [0.29, 0.717) is 24.5 Å². The van der Waals surface area contributed by atoms with E-state index in [1.807, 2.05) is 66.9 Å². The average Bonchev–Trinajstić information content (AvgIpc) is 3.23. The van der Waals surface area contributed by atoms with Crippen LogP contribution in [-0.4, -0.2) is 19.9 Å². The first kappa shape index (κ1) is 31.6. The van der Waals surface area contributed by atoms with Crippen LogP contribution in [0.15, 0.2) is 186 Å². The standard InChI is InChI=1S/C46H33N5S/c1-4-16-32(17-5-1)37-22-10-11-23-38(37)36-30-35(46(47-31-36)51-39-24-12-14-26-41(39)52-42-27-15-13-25-40(42)51)28-29-43-48-44(33-18-6-2-7-19-33)50-45(49-43)34-20-8-3-9-21-34/h1-27,30-31H,28-29H2. The number of benzene rings is 6. The first-order chi connectivity index (χ1) is 25.8. The topological polar surface area (TPSA) is 54.8 Å². The molecule has 0 saturated heterocycles. The molecule has 8 aromatic rings. The van der Waals surface area contributed by atoms with Crippen LogP contribution in [0.3, 0.4) is 0 Å². The third-order valence-electron chi connectivity index (χ3n) is 9.27. The molecule has 6 aromatic carbocycles. The van der Waals surface area contributed by atoms with E-state index in [-0.39, 0.29) is 0 Å². The highest BCUT2D eigenvalue weighted by Crippen LogP contribution is 2.51. The molecular weight excluding hydrogens is 655 g/mol. The van der Waals surface area contributed by atoms with Gasteiger partial charge in [0, 0.05) is 39.1 Å². The Labute approximate surface area is 307 Å². The van der Waals surface area contributed by atoms with Crippen LogP contribution < -0.4 is 4.90 Å². The molecule has 3 heterocycles. The Kier molecular flexibility index (Phi) is 8.57. The number of para-hydroxylation sites is 2. The summed E-state index contributed by atoms with van der Waals surface area (Å²) in [5.74, 6) is 2.99. The van der Waals surface area contributed by atoms with Gasteiger partial charge in [-0.3, -0.25) is 4.90 Å². The van der Waals surface area contributed by atoms with Gasteiger partial charge in [0.1, 0.15) is 11.6 Å². The van der Waals surface area contributed by atoms with Crippen molar-refractivity contribution in [1.82, 2.24) is 19.9 Å². The number of aryl methyl sites for hydroxylation is 2. The lowest BCUT2D eigenvalue weighted by Crippen LogP contribution is -2.18. The van der Waals surface area contributed by atoms with Crippen molar-refractivity contribution in [2.45, 2.75) is 22.6 Å². The average molecular weight is 688 g/mol. The summed E-state index contributed by atoms with van der Waals surface area (Å²) in [6, 6.07) is 58.9. The lowest BCUT2D eigenvalue weighted by molar-refractivity contribution is 0.839.